The largest absolute Gasteiger partial charge is 0.465 e. The summed E-state index contributed by atoms with van der Waals surface area (Å²) in [5, 5.41) is 5.42. The average molecular weight is 734 g/mol. The predicted molar refractivity (Wildman–Crippen MR) is 139 cm³/mol. The normalized spacial score (nSPS) is 14.7. The minimum Gasteiger partial charge on any atom is -0.465 e. The third-order valence-corrected chi connectivity index (χ3v) is 7.91. The molecule has 0 spiro atoms. The molecule has 0 aliphatic heterocycles. The van der Waals surface area contributed by atoms with Crippen LogP contribution in [-0.2, 0) is 16.0 Å². The molecule has 0 aliphatic rings. The second-order valence-electron chi connectivity index (χ2n) is 11.1. The van der Waals surface area contributed by atoms with Crippen LogP contribution >= 0.6 is 0 Å². The molecule has 0 aliphatic carbocycles. The summed E-state index contributed by atoms with van der Waals surface area (Å²) in [7, 11) is 0. The molecule has 49 heavy (non-hydrogen) atoms. The minimum atomic E-state index is -8.69. The quantitative estimate of drug-likeness (QED) is 0.0777. The first-order valence-corrected chi connectivity index (χ1v) is 13.7. The molecule has 0 amide bonds. The summed E-state index contributed by atoms with van der Waals surface area (Å²) in [6.07, 6.45) is -11.2. The van der Waals surface area contributed by atoms with Gasteiger partial charge in [0.05, 0.1) is 13.0 Å². The highest BCUT2D eigenvalue weighted by molar-refractivity contribution is 6.23. The molecule has 4 aromatic carbocycles. The molecule has 0 unspecified atom stereocenters. The van der Waals surface area contributed by atoms with Gasteiger partial charge in [0, 0.05) is 6.42 Å². The summed E-state index contributed by atoms with van der Waals surface area (Å²) >= 11 is 0. The van der Waals surface area contributed by atoms with Gasteiger partial charge in [0.2, 0.25) is 0 Å². The van der Waals surface area contributed by atoms with Crippen molar-refractivity contribution in [1.82, 2.24) is 0 Å². The highest BCUT2D eigenvalue weighted by atomic mass is 19.4. The highest BCUT2D eigenvalue weighted by Crippen LogP contribution is 2.64. The van der Waals surface area contributed by atoms with Crippen molar-refractivity contribution in [2.24, 2.45) is 0 Å². The average Bonchev–Trinajstić information content (AvgIpc) is 2.99. The fraction of sp³-hybridized carbons (Fsp3) is 0.433. The van der Waals surface area contributed by atoms with E-state index >= 15 is 0 Å². The van der Waals surface area contributed by atoms with Crippen LogP contribution in [0.15, 0.2) is 54.6 Å². The zero-order chi connectivity index (χ0) is 37.2. The number of benzene rings is 4. The number of hydrogen-bond acceptors (Lipinski definition) is 2. The van der Waals surface area contributed by atoms with Gasteiger partial charge in [0.15, 0.2) is 0 Å². The lowest BCUT2D eigenvalue weighted by Gasteiger charge is -2.42. The van der Waals surface area contributed by atoms with Crippen molar-refractivity contribution >= 4 is 38.3 Å². The van der Waals surface area contributed by atoms with Crippen molar-refractivity contribution in [3.63, 3.8) is 0 Å². The molecular formula is C30H19F17O2. The molecule has 0 saturated heterocycles. The monoisotopic (exact) mass is 734 g/mol. The predicted octanol–water partition coefficient (Wildman–Crippen LogP) is 10.8. The molecule has 0 bridgehead atoms. The molecule has 0 N–H and O–H groups in total. The Morgan fingerprint density at radius 2 is 0.980 bits per heavy atom. The summed E-state index contributed by atoms with van der Waals surface area (Å²) in [5.74, 6) is -58.3. The van der Waals surface area contributed by atoms with Crippen LogP contribution in [0.5, 0.6) is 0 Å². The van der Waals surface area contributed by atoms with Crippen molar-refractivity contribution in [3.05, 3.63) is 60.2 Å². The van der Waals surface area contributed by atoms with Gasteiger partial charge in [-0.25, -0.2) is 0 Å². The molecule has 0 heterocycles. The molecule has 0 fully saturated rings. The van der Waals surface area contributed by atoms with Gasteiger partial charge in [0.1, 0.15) is 0 Å². The first-order chi connectivity index (χ1) is 22.2. The number of halogens is 17. The zero-order valence-electron chi connectivity index (χ0n) is 24.0. The molecule has 19 heteroatoms. The number of aryl methyl sites for hydroxylation is 1. The highest BCUT2D eigenvalue weighted by Gasteiger charge is 2.95. The molecule has 0 radical (unpaired) electrons. The van der Waals surface area contributed by atoms with E-state index in [4.69, 9.17) is 0 Å². The number of esters is 1. The summed E-state index contributed by atoms with van der Waals surface area (Å²) < 4.78 is 232. The van der Waals surface area contributed by atoms with Crippen LogP contribution in [0.25, 0.3) is 32.3 Å². The van der Waals surface area contributed by atoms with E-state index < -0.39 is 73.1 Å². The topological polar surface area (TPSA) is 26.3 Å². The fourth-order valence-corrected chi connectivity index (χ4v) is 5.16. The molecule has 0 aromatic heterocycles. The Morgan fingerprint density at radius 1 is 0.531 bits per heavy atom. The standard InChI is InChI=1S/C30H19F17O2/c31-23(32,24(33,34)25(35,36)26(37,38)27(39,40)28(41,42)29(43,44)30(45,46)47)13-14-49-20(48)6-2-3-15-7-8-18-10-9-16-4-1-5-17-11-12-19(15)22(18)21(16)17/h1,4-5,7-12H,2-3,6,13-14H2. The molecule has 4 rings (SSSR count). The van der Waals surface area contributed by atoms with Crippen molar-refractivity contribution < 1.29 is 84.2 Å². The number of carbonyl (C=O) groups is 1. The van der Waals surface area contributed by atoms with E-state index in [2.05, 4.69) is 4.74 Å². The molecule has 0 atom stereocenters. The fourth-order valence-electron chi connectivity index (χ4n) is 5.16. The van der Waals surface area contributed by atoms with Gasteiger partial charge in [-0.3, -0.25) is 4.79 Å². The second-order valence-corrected chi connectivity index (χ2v) is 11.1. The summed E-state index contributed by atoms with van der Waals surface area (Å²) in [4.78, 5) is 12.0. The van der Waals surface area contributed by atoms with Crippen molar-refractivity contribution in [2.45, 2.75) is 73.3 Å². The van der Waals surface area contributed by atoms with Gasteiger partial charge >= 0.3 is 53.6 Å². The number of rotatable bonds is 13. The van der Waals surface area contributed by atoms with Gasteiger partial charge in [-0.2, -0.15) is 74.6 Å². The van der Waals surface area contributed by atoms with Crippen molar-refractivity contribution in [1.29, 1.82) is 0 Å². The molecular weight excluding hydrogens is 715 g/mol. The maximum Gasteiger partial charge on any atom is 0.460 e. The van der Waals surface area contributed by atoms with Gasteiger partial charge in [-0.1, -0.05) is 54.6 Å². The van der Waals surface area contributed by atoms with Gasteiger partial charge in [-0.05, 0) is 50.7 Å². The van der Waals surface area contributed by atoms with Crippen molar-refractivity contribution in [2.75, 3.05) is 6.61 Å². The summed E-state index contributed by atoms with van der Waals surface area (Å²) in [5.41, 5.74) is 0.711. The number of hydrogen-bond donors (Lipinski definition) is 0. The Kier molecular flexibility index (Phi) is 9.24. The first kappa shape index (κ1) is 38.0. The van der Waals surface area contributed by atoms with E-state index in [0.29, 0.717) is 5.56 Å². The third-order valence-electron chi connectivity index (χ3n) is 7.91. The first-order valence-electron chi connectivity index (χ1n) is 13.7. The van der Waals surface area contributed by atoms with Crippen molar-refractivity contribution in [3.8, 4) is 0 Å². The lowest BCUT2D eigenvalue weighted by Crippen LogP contribution is -2.74. The van der Waals surface area contributed by atoms with Crippen LogP contribution in [0, 0.1) is 0 Å². The number of alkyl halides is 17. The second kappa shape index (κ2) is 11.9. The molecule has 4 aromatic rings. The van der Waals surface area contributed by atoms with E-state index in [0.717, 1.165) is 32.3 Å². The Bertz CT molecular complexity index is 1810. The Hall–Kier alpha value is -3.80. The number of carbonyl (C=O) groups excluding carboxylic acids is 1. The van der Waals surface area contributed by atoms with Crippen LogP contribution in [0.1, 0.15) is 24.8 Å². The Balaban J connectivity index is 1.41. The van der Waals surface area contributed by atoms with E-state index in [1.165, 1.54) is 0 Å². The third kappa shape index (κ3) is 5.73. The molecule has 2 nitrogen and oxygen atoms in total. The van der Waals surface area contributed by atoms with E-state index in [1.807, 2.05) is 42.5 Å². The zero-order valence-corrected chi connectivity index (χ0v) is 24.0. The van der Waals surface area contributed by atoms with Crippen LogP contribution in [0.2, 0.25) is 0 Å². The molecule has 0 saturated carbocycles. The maximum atomic E-state index is 14.1. The van der Waals surface area contributed by atoms with Crippen LogP contribution in [0.4, 0.5) is 74.6 Å². The summed E-state index contributed by atoms with van der Waals surface area (Å²) in [6, 6.07) is 16.6. The van der Waals surface area contributed by atoms with Gasteiger partial charge < -0.3 is 4.74 Å². The van der Waals surface area contributed by atoms with Gasteiger partial charge in [0.25, 0.3) is 0 Å². The van der Waals surface area contributed by atoms with E-state index in [-0.39, 0.29) is 12.8 Å². The van der Waals surface area contributed by atoms with Crippen LogP contribution < -0.4 is 0 Å². The van der Waals surface area contributed by atoms with E-state index in [9.17, 15) is 79.4 Å². The summed E-state index contributed by atoms with van der Waals surface area (Å²) in [6.45, 7) is -1.96. The lowest BCUT2D eigenvalue weighted by molar-refractivity contribution is -0.461. The van der Waals surface area contributed by atoms with Gasteiger partial charge in [-0.15, -0.1) is 0 Å². The smallest absolute Gasteiger partial charge is 0.460 e. The lowest BCUT2D eigenvalue weighted by atomic mass is 9.88. The minimum absolute atomic E-state index is 0.0640. The van der Waals surface area contributed by atoms with E-state index in [1.54, 1.807) is 12.1 Å². The Morgan fingerprint density at radius 3 is 1.51 bits per heavy atom. The molecule has 270 valence electrons. The number of ether oxygens (including phenoxy) is 1. The Labute approximate surface area is 263 Å². The van der Waals surface area contributed by atoms with Crippen LogP contribution in [0.3, 0.4) is 0 Å². The SMILES string of the molecule is O=C(CCCc1ccc2ccc3cccc4ccc1c2c34)OCCC(F)(F)C(F)(F)C(F)(F)C(F)(F)C(F)(F)C(F)(F)C(F)(F)C(F)(F)F. The maximum absolute atomic E-state index is 14.1. The van der Waals surface area contributed by atoms with Crippen LogP contribution in [-0.4, -0.2) is 60.2 Å².